The summed E-state index contributed by atoms with van der Waals surface area (Å²) in [5.41, 5.74) is 2.78. The molecule has 3 rings (SSSR count). The normalized spacial score (nSPS) is 18.5. The van der Waals surface area contributed by atoms with Crippen molar-refractivity contribution in [3.05, 3.63) is 52.9 Å². The summed E-state index contributed by atoms with van der Waals surface area (Å²) in [4.78, 5) is 13.9. The Hall–Kier alpha value is -2.14. The lowest BCUT2D eigenvalue weighted by Gasteiger charge is -2.22. The number of ether oxygens (including phenoxy) is 1. The maximum atomic E-state index is 11.5. The van der Waals surface area contributed by atoms with Gasteiger partial charge in [0.05, 0.1) is 18.7 Å². The van der Waals surface area contributed by atoms with Crippen molar-refractivity contribution in [1.82, 2.24) is 10.1 Å². The molecule has 2 heterocycles. The highest BCUT2D eigenvalue weighted by Crippen LogP contribution is 2.32. The Labute approximate surface area is 129 Å². The van der Waals surface area contributed by atoms with Gasteiger partial charge in [-0.1, -0.05) is 17.3 Å². The van der Waals surface area contributed by atoms with Crippen LogP contribution in [-0.4, -0.2) is 29.7 Å². The summed E-state index contributed by atoms with van der Waals surface area (Å²) in [6, 6.07) is 9.92. The number of hydrogen-bond donors (Lipinski definition) is 0. The second-order valence-electron chi connectivity index (χ2n) is 5.68. The summed E-state index contributed by atoms with van der Waals surface area (Å²) < 4.78 is 9.92. The summed E-state index contributed by atoms with van der Waals surface area (Å²) in [6.45, 7) is 3.81. The SMILES string of the molecule is COC(=O)c1ccc(CN2CCC[C@@H]2c2cc(C)on2)cc1. The summed E-state index contributed by atoms with van der Waals surface area (Å²) in [6.07, 6.45) is 2.27. The number of hydrogen-bond acceptors (Lipinski definition) is 5. The van der Waals surface area contributed by atoms with Gasteiger partial charge in [0.1, 0.15) is 11.5 Å². The molecule has 116 valence electrons. The Kier molecular flexibility index (Phi) is 4.24. The first-order valence-electron chi connectivity index (χ1n) is 7.52. The van der Waals surface area contributed by atoms with Crippen molar-refractivity contribution in [3.8, 4) is 0 Å². The molecule has 1 aliphatic rings. The van der Waals surface area contributed by atoms with Crippen LogP contribution in [0.3, 0.4) is 0 Å². The van der Waals surface area contributed by atoms with E-state index in [2.05, 4.69) is 10.1 Å². The quantitative estimate of drug-likeness (QED) is 0.812. The van der Waals surface area contributed by atoms with E-state index in [1.54, 1.807) is 0 Å². The number of nitrogens with zero attached hydrogens (tertiary/aromatic N) is 2. The third-order valence-corrected chi connectivity index (χ3v) is 4.11. The van der Waals surface area contributed by atoms with Crippen molar-refractivity contribution >= 4 is 5.97 Å². The molecule has 1 saturated heterocycles. The number of carbonyl (C=O) groups excluding carboxylic acids is 1. The predicted molar refractivity (Wildman–Crippen MR) is 81.4 cm³/mol. The second-order valence-corrected chi connectivity index (χ2v) is 5.68. The van der Waals surface area contributed by atoms with Gasteiger partial charge in [-0.3, -0.25) is 4.90 Å². The zero-order valence-corrected chi connectivity index (χ0v) is 12.9. The van der Waals surface area contributed by atoms with Gasteiger partial charge < -0.3 is 9.26 Å². The molecule has 2 aromatic rings. The van der Waals surface area contributed by atoms with E-state index in [1.807, 2.05) is 37.3 Å². The van der Waals surface area contributed by atoms with E-state index in [1.165, 1.54) is 12.7 Å². The average molecular weight is 300 g/mol. The maximum absolute atomic E-state index is 11.5. The van der Waals surface area contributed by atoms with Crippen molar-refractivity contribution in [2.75, 3.05) is 13.7 Å². The van der Waals surface area contributed by atoms with E-state index in [4.69, 9.17) is 9.26 Å². The smallest absolute Gasteiger partial charge is 0.337 e. The number of likely N-dealkylation sites (tertiary alicyclic amines) is 1. The number of carbonyl (C=O) groups is 1. The molecular weight excluding hydrogens is 280 g/mol. The van der Waals surface area contributed by atoms with Crippen LogP contribution in [-0.2, 0) is 11.3 Å². The molecule has 22 heavy (non-hydrogen) atoms. The predicted octanol–water partition coefficient (Wildman–Crippen LogP) is 3.11. The Morgan fingerprint density at radius 3 is 2.82 bits per heavy atom. The molecule has 0 aliphatic carbocycles. The van der Waals surface area contributed by atoms with E-state index >= 15 is 0 Å². The molecule has 1 aromatic heterocycles. The zero-order valence-electron chi connectivity index (χ0n) is 12.9. The van der Waals surface area contributed by atoms with E-state index in [-0.39, 0.29) is 5.97 Å². The molecule has 1 aliphatic heterocycles. The van der Waals surface area contributed by atoms with Crippen molar-refractivity contribution in [2.24, 2.45) is 0 Å². The van der Waals surface area contributed by atoms with Crippen molar-refractivity contribution < 1.29 is 14.1 Å². The van der Waals surface area contributed by atoms with Gasteiger partial charge in [0, 0.05) is 12.6 Å². The lowest BCUT2D eigenvalue weighted by Crippen LogP contribution is -2.23. The lowest BCUT2D eigenvalue weighted by molar-refractivity contribution is 0.0600. The summed E-state index contributed by atoms with van der Waals surface area (Å²) in [5, 5.41) is 4.16. The molecule has 5 nitrogen and oxygen atoms in total. The minimum absolute atomic E-state index is 0.302. The Morgan fingerprint density at radius 1 is 1.41 bits per heavy atom. The van der Waals surface area contributed by atoms with Crippen molar-refractivity contribution in [3.63, 3.8) is 0 Å². The molecule has 1 fully saturated rings. The van der Waals surface area contributed by atoms with Gasteiger partial charge in [-0.25, -0.2) is 4.79 Å². The molecule has 5 heteroatoms. The number of methoxy groups -OCH3 is 1. The number of rotatable bonds is 4. The molecule has 0 spiro atoms. The molecule has 0 bridgehead atoms. The Bertz CT molecular complexity index is 648. The van der Waals surface area contributed by atoms with Crippen LogP contribution in [0.15, 0.2) is 34.9 Å². The van der Waals surface area contributed by atoms with Crippen LogP contribution in [0.4, 0.5) is 0 Å². The van der Waals surface area contributed by atoms with Crippen LogP contribution in [0.1, 0.15) is 46.3 Å². The van der Waals surface area contributed by atoms with E-state index in [0.29, 0.717) is 11.6 Å². The third kappa shape index (κ3) is 3.04. The van der Waals surface area contributed by atoms with Crippen LogP contribution >= 0.6 is 0 Å². The second kappa shape index (κ2) is 6.32. The molecule has 1 atom stereocenters. The van der Waals surface area contributed by atoms with Crippen molar-refractivity contribution in [2.45, 2.75) is 32.4 Å². The van der Waals surface area contributed by atoms with Crippen LogP contribution in [0.5, 0.6) is 0 Å². The number of aryl methyl sites for hydroxylation is 1. The molecular formula is C17H20N2O3. The highest BCUT2D eigenvalue weighted by atomic mass is 16.5. The Morgan fingerprint density at radius 2 is 2.18 bits per heavy atom. The first kappa shape index (κ1) is 14.8. The standard InChI is InChI=1S/C17H20N2O3/c1-12-10-15(18-22-12)16-4-3-9-19(16)11-13-5-7-14(8-6-13)17(20)21-2/h5-8,10,16H,3-4,9,11H2,1-2H3/t16-/m1/s1. The fourth-order valence-electron chi connectivity index (χ4n) is 2.99. The van der Waals surface area contributed by atoms with E-state index < -0.39 is 0 Å². The van der Waals surface area contributed by atoms with Gasteiger partial charge >= 0.3 is 5.97 Å². The molecule has 1 aromatic carbocycles. The van der Waals surface area contributed by atoms with E-state index in [0.717, 1.165) is 37.4 Å². The maximum Gasteiger partial charge on any atom is 0.337 e. The van der Waals surface area contributed by atoms with Gasteiger partial charge in [0.2, 0.25) is 0 Å². The number of benzene rings is 1. The molecule has 0 unspecified atom stereocenters. The first-order valence-corrected chi connectivity index (χ1v) is 7.52. The average Bonchev–Trinajstić information content (AvgIpc) is 3.16. The highest BCUT2D eigenvalue weighted by Gasteiger charge is 2.28. The van der Waals surface area contributed by atoms with Crippen LogP contribution in [0, 0.1) is 6.92 Å². The van der Waals surface area contributed by atoms with E-state index in [9.17, 15) is 4.79 Å². The first-order chi connectivity index (χ1) is 10.7. The third-order valence-electron chi connectivity index (χ3n) is 4.11. The summed E-state index contributed by atoms with van der Waals surface area (Å²) in [7, 11) is 1.39. The van der Waals surface area contributed by atoms with Crippen molar-refractivity contribution in [1.29, 1.82) is 0 Å². The lowest BCUT2D eigenvalue weighted by atomic mass is 10.1. The van der Waals surface area contributed by atoms with Gasteiger partial charge in [-0.2, -0.15) is 0 Å². The van der Waals surface area contributed by atoms with Crippen LogP contribution in [0.25, 0.3) is 0 Å². The van der Waals surface area contributed by atoms with Gasteiger partial charge in [0.15, 0.2) is 0 Å². The molecule has 0 saturated carbocycles. The van der Waals surface area contributed by atoms with Crippen LogP contribution in [0.2, 0.25) is 0 Å². The van der Waals surface area contributed by atoms with Gasteiger partial charge in [0.25, 0.3) is 0 Å². The number of aromatic nitrogens is 1. The molecule has 0 amide bonds. The topological polar surface area (TPSA) is 55.6 Å². The summed E-state index contributed by atoms with van der Waals surface area (Å²) >= 11 is 0. The fourth-order valence-corrected chi connectivity index (χ4v) is 2.99. The molecule has 0 N–H and O–H groups in total. The Balaban J connectivity index is 1.70. The van der Waals surface area contributed by atoms with Crippen LogP contribution < -0.4 is 0 Å². The number of esters is 1. The van der Waals surface area contributed by atoms with Gasteiger partial charge in [-0.05, 0) is 44.0 Å². The van der Waals surface area contributed by atoms with Gasteiger partial charge in [-0.15, -0.1) is 0 Å². The monoisotopic (exact) mass is 300 g/mol. The minimum Gasteiger partial charge on any atom is -0.465 e. The zero-order chi connectivity index (χ0) is 15.5. The highest BCUT2D eigenvalue weighted by molar-refractivity contribution is 5.89. The molecule has 0 radical (unpaired) electrons. The fraction of sp³-hybridized carbons (Fsp3) is 0.412. The minimum atomic E-state index is -0.302. The summed E-state index contributed by atoms with van der Waals surface area (Å²) in [5.74, 6) is 0.549. The largest absolute Gasteiger partial charge is 0.465 e.